The van der Waals surface area contributed by atoms with Crippen LogP contribution in [0.5, 0.6) is 0 Å². The van der Waals surface area contributed by atoms with Crippen LogP contribution < -0.4 is 0 Å². The molecule has 0 unspecified atom stereocenters. The van der Waals surface area contributed by atoms with Gasteiger partial charge in [0.15, 0.2) is 0 Å². The first-order valence-electron chi connectivity index (χ1n) is 5.31. The molecule has 2 heterocycles. The second-order valence-corrected chi connectivity index (χ2v) is 4.26. The summed E-state index contributed by atoms with van der Waals surface area (Å²) in [6, 6.07) is 0. The molecule has 0 aliphatic carbocycles. The van der Waals surface area contributed by atoms with E-state index in [-0.39, 0.29) is 0 Å². The van der Waals surface area contributed by atoms with Crippen LogP contribution in [0.2, 0.25) is 0 Å². The van der Waals surface area contributed by atoms with Crippen LogP contribution in [0.15, 0.2) is 6.33 Å². The number of piperidine rings is 1. The molecular formula is C10H18N4. The summed E-state index contributed by atoms with van der Waals surface area (Å²) in [4.78, 5) is 6.70. The van der Waals surface area contributed by atoms with Crippen LogP contribution in [-0.2, 0) is 13.6 Å². The number of rotatable bonds is 2. The fourth-order valence-corrected chi connectivity index (χ4v) is 1.88. The smallest absolute Gasteiger partial charge is 0.140 e. The Hall–Kier alpha value is -0.900. The van der Waals surface area contributed by atoms with E-state index in [0.29, 0.717) is 0 Å². The summed E-state index contributed by atoms with van der Waals surface area (Å²) in [7, 11) is 1.95. The largest absolute Gasteiger partial charge is 0.296 e. The van der Waals surface area contributed by atoms with Gasteiger partial charge in [-0.2, -0.15) is 5.10 Å². The lowest BCUT2D eigenvalue weighted by Crippen LogP contribution is -2.33. The van der Waals surface area contributed by atoms with Gasteiger partial charge in [-0.05, 0) is 31.8 Å². The number of aromatic nitrogens is 3. The molecule has 0 amide bonds. The van der Waals surface area contributed by atoms with E-state index in [2.05, 4.69) is 21.9 Å². The Morgan fingerprint density at radius 3 is 2.71 bits per heavy atom. The lowest BCUT2D eigenvalue weighted by Gasteiger charge is -2.29. The maximum atomic E-state index is 4.24. The van der Waals surface area contributed by atoms with Crippen molar-refractivity contribution in [2.24, 2.45) is 13.0 Å². The van der Waals surface area contributed by atoms with Gasteiger partial charge in [-0.1, -0.05) is 6.92 Å². The Labute approximate surface area is 84.9 Å². The molecule has 1 saturated heterocycles. The Kier molecular flexibility index (Phi) is 2.82. The zero-order chi connectivity index (χ0) is 9.97. The van der Waals surface area contributed by atoms with Crippen LogP contribution in [0.3, 0.4) is 0 Å². The second kappa shape index (κ2) is 4.09. The molecule has 0 N–H and O–H groups in total. The summed E-state index contributed by atoms with van der Waals surface area (Å²) < 4.78 is 1.86. The summed E-state index contributed by atoms with van der Waals surface area (Å²) in [5, 5.41) is 4.08. The molecule has 1 aliphatic heterocycles. The third-order valence-electron chi connectivity index (χ3n) is 3.05. The Morgan fingerprint density at radius 1 is 1.43 bits per heavy atom. The molecule has 1 aliphatic rings. The number of hydrogen-bond donors (Lipinski definition) is 0. The van der Waals surface area contributed by atoms with E-state index in [9.17, 15) is 0 Å². The number of hydrogen-bond acceptors (Lipinski definition) is 3. The molecule has 0 saturated carbocycles. The zero-order valence-corrected chi connectivity index (χ0v) is 8.98. The van der Waals surface area contributed by atoms with E-state index in [0.717, 1.165) is 18.3 Å². The van der Waals surface area contributed by atoms with Crippen LogP contribution in [0.25, 0.3) is 0 Å². The van der Waals surface area contributed by atoms with Gasteiger partial charge in [0.05, 0.1) is 6.54 Å². The quantitative estimate of drug-likeness (QED) is 0.705. The monoisotopic (exact) mass is 194 g/mol. The van der Waals surface area contributed by atoms with Crippen molar-refractivity contribution in [3.63, 3.8) is 0 Å². The Bertz CT molecular complexity index is 286. The van der Waals surface area contributed by atoms with Crippen molar-refractivity contribution in [2.45, 2.75) is 26.3 Å². The molecule has 0 radical (unpaired) electrons. The molecular weight excluding hydrogens is 176 g/mol. The minimum atomic E-state index is 0.894. The lowest BCUT2D eigenvalue weighted by atomic mass is 9.99. The first-order chi connectivity index (χ1) is 6.75. The van der Waals surface area contributed by atoms with Crippen molar-refractivity contribution in [2.75, 3.05) is 13.1 Å². The summed E-state index contributed by atoms with van der Waals surface area (Å²) in [6.45, 7) is 5.69. The normalized spacial score (nSPS) is 20.1. The van der Waals surface area contributed by atoms with Crippen LogP contribution in [-0.4, -0.2) is 32.8 Å². The van der Waals surface area contributed by atoms with E-state index in [1.54, 1.807) is 6.33 Å². The highest BCUT2D eigenvalue weighted by molar-refractivity contribution is 4.84. The van der Waals surface area contributed by atoms with E-state index in [1.165, 1.54) is 25.9 Å². The van der Waals surface area contributed by atoms with Gasteiger partial charge >= 0.3 is 0 Å². The van der Waals surface area contributed by atoms with Crippen molar-refractivity contribution in [3.05, 3.63) is 12.2 Å². The van der Waals surface area contributed by atoms with E-state index in [4.69, 9.17) is 0 Å². The van der Waals surface area contributed by atoms with Gasteiger partial charge in [-0.25, -0.2) is 4.98 Å². The average molecular weight is 194 g/mol. The predicted octanol–water partition coefficient (Wildman–Crippen LogP) is 1.05. The summed E-state index contributed by atoms with van der Waals surface area (Å²) in [5.74, 6) is 1.96. The molecule has 1 aromatic rings. The maximum absolute atomic E-state index is 4.24. The molecule has 0 spiro atoms. The van der Waals surface area contributed by atoms with Gasteiger partial charge in [-0.15, -0.1) is 0 Å². The molecule has 1 aromatic heterocycles. The fraction of sp³-hybridized carbons (Fsp3) is 0.800. The average Bonchev–Trinajstić information content (AvgIpc) is 2.56. The third-order valence-corrected chi connectivity index (χ3v) is 3.05. The first-order valence-corrected chi connectivity index (χ1v) is 5.31. The molecule has 4 heteroatoms. The fourth-order valence-electron chi connectivity index (χ4n) is 1.88. The zero-order valence-electron chi connectivity index (χ0n) is 8.98. The van der Waals surface area contributed by atoms with Crippen LogP contribution >= 0.6 is 0 Å². The van der Waals surface area contributed by atoms with Gasteiger partial charge < -0.3 is 0 Å². The van der Waals surface area contributed by atoms with Crippen LogP contribution in [0.4, 0.5) is 0 Å². The van der Waals surface area contributed by atoms with Crippen molar-refractivity contribution in [3.8, 4) is 0 Å². The van der Waals surface area contributed by atoms with Crippen LogP contribution in [0.1, 0.15) is 25.6 Å². The van der Waals surface area contributed by atoms with E-state index >= 15 is 0 Å². The maximum Gasteiger partial charge on any atom is 0.140 e. The lowest BCUT2D eigenvalue weighted by molar-refractivity contribution is 0.179. The summed E-state index contributed by atoms with van der Waals surface area (Å²) >= 11 is 0. The van der Waals surface area contributed by atoms with Crippen molar-refractivity contribution in [1.29, 1.82) is 0 Å². The molecule has 2 rings (SSSR count). The SMILES string of the molecule is CC1CCN(Cc2ncnn2C)CC1. The summed E-state index contributed by atoms with van der Waals surface area (Å²) in [6.07, 6.45) is 4.26. The Balaban J connectivity index is 1.89. The topological polar surface area (TPSA) is 34.0 Å². The minimum Gasteiger partial charge on any atom is -0.296 e. The molecule has 4 nitrogen and oxygen atoms in total. The molecule has 0 atom stereocenters. The van der Waals surface area contributed by atoms with Gasteiger partial charge in [0.25, 0.3) is 0 Å². The van der Waals surface area contributed by atoms with Gasteiger partial charge in [0.2, 0.25) is 0 Å². The van der Waals surface area contributed by atoms with Crippen molar-refractivity contribution in [1.82, 2.24) is 19.7 Å². The minimum absolute atomic E-state index is 0.894. The molecule has 0 bridgehead atoms. The molecule has 78 valence electrons. The van der Waals surface area contributed by atoms with Crippen molar-refractivity contribution >= 4 is 0 Å². The molecule has 0 aromatic carbocycles. The summed E-state index contributed by atoms with van der Waals surface area (Å²) in [5.41, 5.74) is 0. The number of aryl methyl sites for hydroxylation is 1. The van der Waals surface area contributed by atoms with E-state index < -0.39 is 0 Å². The van der Waals surface area contributed by atoms with Crippen LogP contribution in [0, 0.1) is 5.92 Å². The molecule has 1 fully saturated rings. The highest BCUT2D eigenvalue weighted by atomic mass is 15.3. The molecule has 14 heavy (non-hydrogen) atoms. The van der Waals surface area contributed by atoms with Gasteiger partial charge in [0.1, 0.15) is 12.2 Å². The third kappa shape index (κ3) is 2.12. The van der Waals surface area contributed by atoms with Gasteiger partial charge in [-0.3, -0.25) is 9.58 Å². The van der Waals surface area contributed by atoms with E-state index in [1.807, 2.05) is 11.7 Å². The van der Waals surface area contributed by atoms with Crippen molar-refractivity contribution < 1.29 is 0 Å². The number of likely N-dealkylation sites (tertiary alicyclic amines) is 1. The number of nitrogens with zero attached hydrogens (tertiary/aromatic N) is 4. The first kappa shape index (κ1) is 9.65. The van der Waals surface area contributed by atoms with Gasteiger partial charge in [0, 0.05) is 7.05 Å². The highest BCUT2D eigenvalue weighted by Crippen LogP contribution is 2.17. The standard InChI is InChI=1S/C10H18N4/c1-9-3-5-14(6-4-9)7-10-11-8-12-13(10)2/h8-9H,3-7H2,1-2H3. The highest BCUT2D eigenvalue weighted by Gasteiger charge is 2.16. The predicted molar refractivity (Wildman–Crippen MR) is 54.7 cm³/mol. The Morgan fingerprint density at radius 2 is 2.14 bits per heavy atom. The second-order valence-electron chi connectivity index (χ2n) is 4.26.